The normalized spacial score (nSPS) is 17.3. The summed E-state index contributed by atoms with van der Waals surface area (Å²) in [6, 6.07) is 11.8. The fourth-order valence-electron chi connectivity index (χ4n) is 2.11. The molecule has 0 radical (unpaired) electrons. The molecule has 3 rings (SSSR count). The fraction of sp³-hybridized carbons (Fsp3) is 0.0588. The van der Waals surface area contributed by atoms with Gasteiger partial charge in [-0.1, -0.05) is 23.7 Å². The first-order valence-electron chi connectivity index (χ1n) is 6.97. The van der Waals surface area contributed by atoms with Crippen LogP contribution in [0, 0.1) is 0 Å². The SMILES string of the molecule is COc1ccc(Cl)cc1N=C1NC(=O)/C(=C/c2cccc(O)c2)S1. The van der Waals surface area contributed by atoms with Crippen molar-refractivity contribution in [2.24, 2.45) is 4.99 Å². The van der Waals surface area contributed by atoms with Crippen molar-refractivity contribution >= 4 is 46.2 Å². The molecule has 0 bridgehead atoms. The highest BCUT2D eigenvalue weighted by Crippen LogP contribution is 2.34. The average Bonchev–Trinajstić information content (AvgIpc) is 2.87. The number of methoxy groups -OCH3 is 1. The summed E-state index contributed by atoms with van der Waals surface area (Å²) in [4.78, 5) is 17.0. The molecule has 1 aliphatic rings. The quantitative estimate of drug-likeness (QED) is 0.813. The molecule has 0 spiro atoms. The van der Waals surface area contributed by atoms with Crippen LogP contribution >= 0.6 is 23.4 Å². The van der Waals surface area contributed by atoms with E-state index in [1.807, 2.05) is 0 Å². The van der Waals surface area contributed by atoms with Crippen molar-refractivity contribution in [2.75, 3.05) is 7.11 Å². The van der Waals surface area contributed by atoms with E-state index in [1.54, 1.807) is 55.7 Å². The first-order chi connectivity index (χ1) is 11.5. The van der Waals surface area contributed by atoms with E-state index < -0.39 is 0 Å². The number of hydrogen-bond acceptors (Lipinski definition) is 5. The zero-order valence-corrected chi connectivity index (χ0v) is 14.2. The largest absolute Gasteiger partial charge is 0.508 e. The van der Waals surface area contributed by atoms with Crippen LogP contribution in [0.5, 0.6) is 11.5 Å². The third-order valence-electron chi connectivity index (χ3n) is 3.18. The van der Waals surface area contributed by atoms with E-state index in [9.17, 15) is 9.90 Å². The minimum absolute atomic E-state index is 0.144. The zero-order valence-electron chi connectivity index (χ0n) is 12.6. The second-order valence-electron chi connectivity index (χ2n) is 4.89. The molecule has 2 aromatic rings. The molecule has 7 heteroatoms. The molecule has 1 fully saturated rings. The van der Waals surface area contributed by atoms with Gasteiger partial charge < -0.3 is 15.2 Å². The van der Waals surface area contributed by atoms with Gasteiger partial charge in [-0.05, 0) is 53.7 Å². The second kappa shape index (κ2) is 6.98. The minimum Gasteiger partial charge on any atom is -0.508 e. The molecule has 5 nitrogen and oxygen atoms in total. The van der Waals surface area contributed by atoms with Crippen LogP contribution in [0.3, 0.4) is 0 Å². The van der Waals surface area contributed by atoms with Gasteiger partial charge in [0.2, 0.25) is 0 Å². The lowest BCUT2D eigenvalue weighted by Crippen LogP contribution is -2.19. The Morgan fingerprint density at radius 2 is 2.12 bits per heavy atom. The van der Waals surface area contributed by atoms with E-state index >= 15 is 0 Å². The Morgan fingerprint density at radius 1 is 1.29 bits per heavy atom. The number of amides is 1. The summed E-state index contributed by atoms with van der Waals surface area (Å²) in [6.07, 6.45) is 1.69. The Morgan fingerprint density at radius 3 is 2.88 bits per heavy atom. The van der Waals surface area contributed by atoms with Gasteiger partial charge in [-0.25, -0.2) is 4.99 Å². The number of carbonyl (C=O) groups excluding carboxylic acids is 1. The molecule has 0 aromatic heterocycles. The van der Waals surface area contributed by atoms with Crippen LogP contribution in [0.1, 0.15) is 5.56 Å². The Kier molecular flexibility index (Phi) is 4.78. The summed E-state index contributed by atoms with van der Waals surface area (Å²) in [5.41, 5.74) is 1.26. The molecule has 0 saturated carbocycles. The summed E-state index contributed by atoms with van der Waals surface area (Å²) in [5, 5.41) is 13.2. The number of aliphatic imine (C=N–C) groups is 1. The van der Waals surface area contributed by atoms with Crippen molar-refractivity contribution in [3.63, 3.8) is 0 Å². The standard InChI is InChI=1S/C17H13ClN2O3S/c1-23-14-6-5-11(18)9-13(14)19-17-20-16(22)15(24-17)8-10-3-2-4-12(21)7-10/h2-9,21H,1H3,(H,19,20,22)/b15-8-. The van der Waals surface area contributed by atoms with Crippen LogP contribution < -0.4 is 10.1 Å². The number of aromatic hydroxyl groups is 1. The number of hydrogen-bond donors (Lipinski definition) is 2. The average molecular weight is 361 g/mol. The Hall–Kier alpha value is -2.44. The smallest absolute Gasteiger partial charge is 0.264 e. The van der Waals surface area contributed by atoms with Gasteiger partial charge in [0.05, 0.1) is 12.0 Å². The Bertz CT molecular complexity index is 865. The number of benzene rings is 2. The molecule has 1 heterocycles. The van der Waals surface area contributed by atoms with Gasteiger partial charge in [0.1, 0.15) is 17.2 Å². The first kappa shape index (κ1) is 16.4. The van der Waals surface area contributed by atoms with Crippen LogP contribution in [0.2, 0.25) is 5.02 Å². The lowest BCUT2D eigenvalue weighted by molar-refractivity contribution is -0.115. The summed E-state index contributed by atoms with van der Waals surface area (Å²) in [6.45, 7) is 0. The van der Waals surface area contributed by atoms with Crippen molar-refractivity contribution in [2.45, 2.75) is 0 Å². The third-order valence-corrected chi connectivity index (χ3v) is 4.33. The lowest BCUT2D eigenvalue weighted by atomic mass is 10.2. The highest BCUT2D eigenvalue weighted by molar-refractivity contribution is 8.18. The van der Waals surface area contributed by atoms with Gasteiger partial charge >= 0.3 is 0 Å². The predicted molar refractivity (Wildman–Crippen MR) is 96.9 cm³/mol. The molecule has 2 N–H and O–H groups in total. The molecule has 1 aliphatic heterocycles. The molecule has 1 amide bonds. The van der Waals surface area contributed by atoms with Gasteiger partial charge in [0.15, 0.2) is 5.17 Å². The maximum Gasteiger partial charge on any atom is 0.264 e. The molecular weight excluding hydrogens is 348 g/mol. The van der Waals surface area contributed by atoms with Crippen molar-refractivity contribution in [3.05, 3.63) is 58.0 Å². The number of carbonyl (C=O) groups is 1. The Labute approximate surface area is 148 Å². The third kappa shape index (κ3) is 3.72. The van der Waals surface area contributed by atoms with Gasteiger partial charge in [0.25, 0.3) is 5.91 Å². The van der Waals surface area contributed by atoms with E-state index in [4.69, 9.17) is 16.3 Å². The van der Waals surface area contributed by atoms with Gasteiger partial charge in [-0.3, -0.25) is 4.79 Å². The number of nitrogens with zero attached hydrogens (tertiary/aromatic N) is 1. The van der Waals surface area contributed by atoms with Crippen LogP contribution in [0.15, 0.2) is 52.4 Å². The first-order valence-corrected chi connectivity index (χ1v) is 8.17. The summed E-state index contributed by atoms with van der Waals surface area (Å²) < 4.78 is 5.24. The number of halogens is 1. The van der Waals surface area contributed by atoms with Crippen molar-refractivity contribution in [1.82, 2.24) is 5.32 Å². The molecule has 0 atom stereocenters. The topological polar surface area (TPSA) is 70.9 Å². The predicted octanol–water partition coefficient (Wildman–Crippen LogP) is 3.95. The number of phenols is 1. The molecule has 0 unspecified atom stereocenters. The van der Waals surface area contributed by atoms with Gasteiger partial charge in [-0.15, -0.1) is 0 Å². The molecule has 2 aromatic carbocycles. The summed E-state index contributed by atoms with van der Waals surface area (Å²) >= 11 is 7.19. The second-order valence-corrected chi connectivity index (χ2v) is 6.36. The number of thioether (sulfide) groups is 1. The molecule has 122 valence electrons. The number of ether oxygens (including phenoxy) is 1. The molecule has 24 heavy (non-hydrogen) atoms. The maximum absolute atomic E-state index is 12.1. The fourth-order valence-corrected chi connectivity index (χ4v) is 3.11. The summed E-state index contributed by atoms with van der Waals surface area (Å²) in [5.74, 6) is 0.459. The number of phenolic OH excluding ortho intramolecular Hbond substituents is 1. The van der Waals surface area contributed by atoms with Crippen molar-refractivity contribution in [1.29, 1.82) is 0 Å². The molecular formula is C17H13ClN2O3S. The van der Waals surface area contributed by atoms with E-state index in [-0.39, 0.29) is 11.7 Å². The van der Waals surface area contributed by atoms with Crippen LogP contribution in [-0.2, 0) is 4.79 Å². The maximum atomic E-state index is 12.1. The van der Waals surface area contributed by atoms with E-state index in [2.05, 4.69) is 10.3 Å². The van der Waals surface area contributed by atoms with Gasteiger partial charge in [-0.2, -0.15) is 0 Å². The Balaban J connectivity index is 1.88. The number of rotatable bonds is 3. The van der Waals surface area contributed by atoms with Crippen molar-refractivity contribution in [3.8, 4) is 11.5 Å². The number of nitrogens with one attached hydrogen (secondary N) is 1. The van der Waals surface area contributed by atoms with Gasteiger partial charge in [0, 0.05) is 5.02 Å². The minimum atomic E-state index is -0.247. The van der Waals surface area contributed by atoms with Crippen LogP contribution in [0.25, 0.3) is 6.08 Å². The van der Waals surface area contributed by atoms with E-state index in [1.165, 1.54) is 11.8 Å². The molecule has 1 saturated heterocycles. The zero-order chi connectivity index (χ0) is 17.1. The van der Waals surface area contributed by atoms with Crippen LogP contribution in [0.4, 0.5) is 5.69 Å². The highest BCUT2D eigenvalue weighted by Gasteiger charge is 2.24. The van der Waals surface area contributed by atoms with Crippen molar-refractivity contribution < 1.29 is 14.6 Å². The number of amidine groups is 1. The van der Waals surface area contributed by atoms with E-state index in [0.29, 0.717) is 26.5 Å². The van der Waals surface area contributed by atoms with Crippen LogP contribution in [-0.4, -0.2) is 23.3 Å². The highest BCUT2D eigenvalue weighted by atomic mass is 35.5. The molecule has 0 aliphatic carbocycles. The summed E-state index contributed by atoms with van der Waals surface area (Å²) in [7, 11) is 1.54. The lowest BCUT2D eigenvalue weighted by Gasteiger charge is -2.05. The van der Waals surface area contributed by atoms with E-state index in [0.717, 1.165) is 5.56 Å². The monoisotopic (exact) mass is 360 g/mol.